The zero-order valence-electron chi connectivity index (χ0n) is 25.9. The second kappa shape index (κ2) is 15.1. The lowest BCUT2D eigenvalue weighted by Crippen LogP contribution is -2.56. The van der Waals surface area contributed by atoms with Crippen molar-refractivity contribution in [1.82, 2.24) is 19.5 Å². The number of aliphatic hydroxyl groups is 1. The van der Waals surface area contributed by atoms with Crippen molar-refractivity contribution in [2.45, 2.75) is 75.4 Å². The van der Waals surface area contributed by atoms with E-state index in [0.717, 1.165) is 11.8 Å². The Morgan fingerprint density at radius 3 is 2.51 bits per heavy atom. The molecular weight excluding hydrogens is 600 g/mol. The lowest BCUT2D eigenvalue weighted by Gasteiger charge is -2.40. The van der Waals surface area contributed by atoms with E-state index in [4.69, 9.17) is 16.0 Å². The average molecular weight is 645 g/mol. The van der Waals surface area contributed by atoms with E-state index in [2.05, 4.69) is 4.72 Å². The predicted octanol–water partition coefficient (Wildman–Crippen LogP) is 1.59. The van der Waals surface area contributed by atoms with Crippen LogP contribution in [-0.2, 0) is 29.1 Å². The summed E-state index contributed by atoms with van der Waals surface area (Å²) in [6.45, 7) is 3.75. The number of rotatable bonds is 15. The highest BCUT2D eigenvalue weighted by Crippen LogP contribution is 2.29. The summed E-state index contributed by atoms with van der Waals surface area (Å²) in [4.78, 5) is 42.9. The van der Waals surface area contributed by atoms with E-state index in [1.54, 1.807) is 32.0 Å². The number of carbonyl (C=O) groups is 3. The molecule has 2 aromatic carbocycles. The molecule has 1 saturated carbocycles. The van der Waals surface area contributed by atoms with Gasteiger partial charge in [0.25, 0.3) is 0 Å². The maximum absolute atomic E-state index is 14.1. The standard InChI is InChI=1S/C31H44N6O7S/c1-3-44-29(40)14-16-36(24-11-12-24)31(41)27(34-45(42,43)25-13-10-22-7-4-5-8-23(22)19-25)20-28(39)35(17-18-38)21(2)26-9-6-15-37(33)30(26)32/h4-5,7-8,10,13,19,21,24,26-27,32,34,38H,3,6,9,11-12,14-18,20,33H2,1-2H3/t21-,26+,27+/m1/s1. The van der Waals surface area contributed by atoms with Gasteiger partial charge in [-0.25, -0.2) is 14.3 Å². The molecule has 2 fully saturated rings. The number of nitrogens with one attached hydrogen (secondary N) is 2. The molecule has 1 aliphatic carbocycles. The van der Waals surface area contributed by atoms with Crippen molar-refractivity contribution in [3.63, 3.8) is 0 Å². The summed E-state index contributed by atoms with van der Waals surface area (Å²) < 4.78 is 35.0. The van der Waals surface area contributed by atoms with Gasteiger partial charge in [-0.15, -0.1) is 0 Å². The van der Waals surface area contributed by atoms with Gasteiger partial charge in [-0.3, -0.25) is 24.8 Å². The van der Waals surface area contributed by atoms with E-state index in [0.29, 0.717) is 31.2 Å². The Kier molecular flexibility index (Phi) is 11.5. The van der Waals surface area contributed by atoms with Gasteiger partial charge >= 0.3 is 5.97 Å². The zero-order chi connectivity index (χ0) is 32.7. The van der Waals surface area contributed by atoms with Crippen LogP contribution >= 0.6 is 0 Å². The number of ether oxygens (including phenoxy) is 1. The van der Waals surface area contributed by atoms with Gasteiger partial charge in [0, 0.05) is 37.6 Å². The molecule has 2 amide bonds. The molecule has 1 saturated heterocycles. The van der Waals surface area contributed by atoms with E-state index >= 15 is 0 Å². The lowest BCUT2D eigenvalue weighted by atomic mass is 9.89. The quantitative estimate of drug-likeness (QED) is 0.165. The average Bonchev–Trinajstić information content (AvgIpc) is 3.86. The summed E-state index contributed by atoms with van der Waals surface area (Å²) in [7, 11) is -4.28. The van der Waals surface area contributed by atoms with Crippen LogP contribution in [-0.4, -0.2) is 103 Å². The third-order valence-electron chi connectivity index (χ3n) is 8.45. The van der Waals surface area contributed by atoms with Gasteiger partial charge in [0.05, 0.1) is 31.0 Å². The lowest BCUT2D eigenvalue weighted by molar-refractivity contribution is -0.145. The molecular formula is C31H44N6O7S. The van der Waals surface area contributed by atoms with Crippen molar-refractivity contribution in [3.05, 3.63) is 42.5 Å². The number of hydrazine groups is 1. The fraction of sp³-hybridized carbons (Fsp3) is 0.548. The molecule has 14 heteroatoms. The SMILES string of the molecule is CCOC(=O)CCN(C(=O)[C@H](CC(=O)N(CCO)[C@H](C)[C@@H]1CCCN(N)C1=N)NS(=O)(=O)c1ccc2ccccc2c1)C1CC1. The van der Waals surface area contributed by atoms with Crippen LogP contribution in [0, 0.1) is 11.3 Å². The predicted molar refractivity (Wildman–Crippen MR) is 168 cm³/mol. The number of esters is 1. The molecule has 0 unspecified atom stereocenters. The van der Waals surface area contributed by atoms with Crippen LogP contribution in [0.1, 0.15) is 52.4 Å². The molecule has 246 valence electrons. The van der Waals surface area contributed by atoms with Crippen LogP contribution in [0.4, 0.5) is 0 Å². The Morgan fingerprint density at radius 2 is 1.84 bits per heavy atom. The van der Waals surface area contributed by atoms with Gasteiger partial charge in [0.2, 0.25) is 21.8 Å². The third-order valence-corrected chi connectivity index (χ3v) is 9.92. The van der Waals surface area contributed by atoms with Gasteiger partial charge < -0.3 is 19.6 Å². The highest BCUT2D eigenvalue weighted by atomic mass is 32.2. The first-order valence-corrected chi connectivity index (χ1v) is 16.9. The summed E-state index contributed by atoms with van der Waals surface area (Å²) in [6.07, 6.45) is 2.13. The molecule has 0 radical (unpaired) electrons. The normalized spacial score (nSPS) is 18.4. The van der Waals surface area contributed by atoms with Gasteiger partial charge in [-0.05, 0) is 62.4 Å². The Morgan fingerprint density at radius 1 is 1.13 bits per heavy atom. The number of fused-ring (bicyclic) bond motifs is 1. The van der Waals surface area contributed by atoms with E-state index in [1.165, 1.54) is 26.9 Å². The fourth-order valence-electron chi connectivity index (χ4n) is 5.87. The zero-order valence-corrected chi connectivity index (χ0v) is 26.7. The molecule has 3 atom stereocenters. The molecule has 1 heterocycles. The van der Waals surface area contributed by atoms with E-state index in [1.807, 2.05) is 12.1 Å². The number of hydrogen-bond acceptors (Lipinski definition) is 9. The van der Waals surface area contributed by atoms with Crippen molar-refractivity contribution in [3.8, 4) is 0 Å². The Balaban J connectivity index is 1.63. The summed E-state index contributed by atoms with van der Waals surface area (Å²) >= 11 is 0. The Bertz CT molecular complexity index is 1500. The third kappa shape index (κ3) is 8.57. The molecule has 0 bridgehead atoms. The van der Waals surface area contributed by atoms with Crippen LogP contribution in [0.15, 0.2) is 47.4 Å². The molecule has 0 aromatic heterocycles. The highest BCUT2D eigenvalue weighted by molar-refractivity contribution is 7.89. The number of carbonyl (C=O) groups excluding carboxylic acids is 3. The number of aliphatic hydroxyl groups excluding tert-OH is 1. The number of nitrogens with two attached hydrogens (primary N) is 1. The summed E-state index contributed by atoms with van der Waals surface area (Å²) in [6, 6.07) is 9.69. The molecule has 5 N–H and O–H groups in total. The van der Waals surface area contributed by atoms with Crippen LogP contribution < -0.4 is 10.6 Å². The van der Waals surface area contributed by atoms with Gasteiger partial charge in [-0.1, -0.05) is 30.3 Å². The van der Waals surface area contributed by atoms with E-state index in [-0.39, 0.29) is 49.5 Å². The summed E-state index contributed by atoms with van der Waals surface area (Å²) in [5, 5.41) is 21.2. The van der Waals surface area contributed by atoms with Gasteiger partial charge in [0.1, 0.15) is 11.9 Å². The maximum Gasteiger partial charge on any atom is 0.307 e. The minimum absolute atomic E-state index is 0.0209. The Hall–Kier alpha value is -3.59. The van der Waals surface area contributed by atoms with Gasteiger partial charge in [-0.2, -0.15) is 4.72 Å². The topological polar surface area (TPSA) is 186 Å². The van der Waals surface area contributed by atoms with Crippen molar-refractivity contribution < 1.29 is 32.6 Å². The van der Waals surface area contributed by atoms with Crippen LogP contribution in [0.5, 0.6) is 0 Å². The largest absolute Gasteiger partial charge is 0.466 e. The fourth-order valence-corrected chi connectivity index (χ4v) is 7.09. The molecule has 45 heavy (non-hydrogen) atoms. The number of amidine groups is 1. The summed E-state index contributed by atoms with van der Waals surface area (Å²) in [5.41, 5.74) is 0. The molecule has 2 aliphatic rings. The molecule has 0 spiro atoms. The second-order valence-corrected chi connectivity index (χ2v) is 13.3. The minimum atomic E-state index is -4.28. The first-order valence-electron chi connectivity index (χ1n) is 15.4. The van der Waals surface area contributed by atoms with E-state index < -0.39 is 52.2 Å². The van der Waals surface area contributed by atoms with Crippen molar-refractivity contribution >= 4 is 44.4 Å². The second-order valence-electron chi connectivity index (χ2n) is 11.6. The first-order chi connectivity index (χ1) is 21.5. The van der Waals surface area contributed by atoms with Crippen molar-refractivity contribution in [2.75, 3.05) is 32.8 Å². The molecule has 13 nitrogen and oxygen atoms in total. The molecule has 2 aromatic rings. The smallest absolute Gasteiger partial charge is 0.307 e. The van der Waals surface area contributed by atoms with E-state index in [9.17, 15) is 27.9 Å². The molecule has 4 rings (SSSR count). The first kappa shape index (κ1) is 34.3. The number of nitrogens with zero attached hydrogens (tertiary/aromatic N) is 3. The minimum Gasteiger partial charge on any atom is -0.466 e. The maximum atomic E-state index is 14.1. The monoisotopic (exact) mass is 644 g/mol. The number of amides is 2. The van der Waals surface area contributed by atoms with Gasteiger partial charge in [0.15, 0.2) is 0 Å². The van der Waals surface area contributed by atoms with Crippen molar-refractivity contribution in [2.24, 2.45) is 11.8 Å². The van der Waals surface area contributed by atoms with Crippen LogP contribution in [0.3, 0.4) is 0 Å². The number of benzene rings is 2. The summed E-state index contributed by atoms with van der Waals surface area (Å²) in [5.74, 6) is 4.10. The van der Waals surface area contributed by atoms with Crippen LogP contribution in [0.25, 0.3) is 10.8 Å². The Labute approximate surface area is 264 Å². The number of hydrogen-bond donors (Lipinski definition) is 4. The number of sulfonamides is 1. The molecule has 1 aliphatic heterocycles. The van der Waals surface area contributed by atoms with Crippen LogP contribution in [0.2, 0.25) is 0 Å². The highest BCUT2D eigenvalue weighted by Gasteiger charge is 2.40. The number of piperidine rings is 1. The van der Waals surface area contributed by atoms with Crippen molar-refractivity contribution in [1.29, 1.82) is 5.41 Å².